The first-order valence-corrected chi connectivity index (χ1v) is 7.93. The fraction of sp³-hybridized carbons (Fsp3) is 0.263. The van der Waals surface area contributed by atoms with E-state index in [9.17, 15) is 9.59 Å². The average molecular weight is 308 g/mol. The van der Waals surface area contributed by atoms with E-state index < -0.39 is 0 Å². The monoisotopic (exact) mass is 308 g/mol. The van der Waals surface area contributed by atoms with Crippen molar-refractivity contribution in [2.45, 2.75) is 19.8 Å². The number of amides is 2. The fourth-order valence-corrected chi connectivity index (χ4v) is 2.91. The summed E-state index contributed by atoms with van der Waals surface area (Å²) < 4.78 is 0. The summed E-state index contributed by atoms with van der Waals surface area (Å²) in [6.07, 6.45) is 0.660. The number of hydrogen-bond acceptors (Lipinski definition) is 3. The van der Waals surface area contributed by atoms with Crippen molar-refractivity contribution < 1.29 is 9.59 Å². The summed E-state index contributed by atoms with van der Waals surface area (Å²) in [5, 5.41) is 0. The van der Waals surface area contributed by atoms with Crippen LogP contribution >= 0.6 is 0 Å². The normalized spacial score (nSPS) is 14.4. The molecule has 4 nitrogen and oxygen atoms in total. The predicted octanol–water partition coefficient (Wildman–Crippen LogP) is 3.29. The Morgan fingerprint density at radius 1 is 0.913 bits per heavy atom. The maximum Gasteiger partial charge on any atom is 0.231 e. The van der Waals surface area contributed by atoms with Crippen molar-refractivity contribution in [1.82, 2.24) is 4.90 Å². The van der Waals surface area contributed by atoms with Crippen LogP contribution in [0.15, 0.2) is 54.6 Å². The Bertz CT molecular complexity index is 696. The van der Waals surface area contributed by atoms with Crippen molar-refractivity contribution in [3.63, 3.8) is 0 Å². The molecule has 0 spiro atoms. The van der Waals surface area contributed by atoms with Crippen LogP contribution in [0.4, 0.5) is 5.69 Å². The van der Waals surface area contributed by atoms with Crippen LogP contribution in [0.3, 0.4) is 0 Å². The molecule has 1 aliphatic heterocycles. The van der Waals surface area contributed by atoms with Crippen LogP contribution in [0.2, 0.25) is 0 Å². The smallest absolute Gasteiger partial charge is 0.231 e. The molecule has 0 radical (unpaired) electrons. The van der Waals surface area contributed by atoms with Gasteiger partial charge < -0.3 is 4.90 Å². The van der Waals surface area contributed by atoms with Crippen LogP contribution in [0.1, 0.15) is 19.8 Å². The Morgan fingerprint density at radius 3 is 2.17 bits per heavy atom. The Balaban J connectivity index is 1.93. The van der Waals surface area contributed by atoms with Gasteiger partial charge in [-0.05, 0) is 18.6 Å². The number of anilines is 1. The van der Waals surface area contributed by atoms with E-state index in [1.54, 1.807) is 0 Å². The predicted molar refractivity (Wildman–Crippen MR) is 90.9 cm³/mol. The zero-order chi connectivity index (χ0) is 16.2. The number of rotatable bonds is 5. The Kier molecular flexibility index (Phi) is 4.42. The number of carbonyl (C=O) groups is 2. The number of nitrogens with zero attached hydrogens (tertiary/aromatic N) is 2. The third-order valence-corrected chi connectivity index (χ3v) is 4.18. The van der Waals surface area contributed by atoms with Gasteiger partial charge in [-0.25, -0.2) is 0 Å². The SMILES string of the molecule is CCN(CN1C(=O)CCC1=O)c1ccccc1-c1ccccc1. The molecular weight excluding hydrogens is 288 g/mol. The Morgan fingerprint density at radius 2 is 1.52 bits per heavy atom. The third-order valence-electron chi connectivity index (χ3n) is 4.18. The lowest BCUT2D eigenvalue weighted by molar-refractivity contribution is -0.138. The van der Waals surface area contributed by atoms with E-state index in [1.807, 2.05) is 43.3 Å². The van der Waals surface area contributed by atoms with Gasteiger partial charge in [0.25, 0.3) is 0 Å². The molecule has 4 heteroatoms. The van der Waals surface area contributed by atoms with Gasteiger partial charge in [0.15, 0.2) is 0 Å². The first-order valence-electron chi connectivity index (χ1n) is 7.93. The summed E-state index contributed by atoms with van der Waals surface area (Å²) in [6, 6.07) is 18.2. The second kappa shape index (κ2) is 6.65. The second-order valence-corrected chi connectivity index (χ2v) is 5.60. The van der Waals surface area contributed by atoms with Gasteiger partial charge in [0.05, 0.1) is 0 Å². The summed E-state index contributed by atoms with van der Waals surface area (Å²) >= 11 is 0. The van der Waals surface area contributed by atoms with Gasteiger partial charge in [0.2, 0.25) is 11.8 Å². The van der Waals surface area contributed by atoms with E-state index in [0.29, 0.717) is 19.5 Å². The van der Waals surface area contributed by atoms with Crippen molar-refractivity contribution in [2.24, 2.45) is 0 Å². The summed E-state index contributed by atoms with van der Waals surface area (Å²) in [7, 11) is 0. The molecule has 0 bridgehead atoms. The van der Waals surface area contributed by atoms with Crippen molar-refractivity contribution in [3.05, 3.63) is 54.6 Å². The number of likely N-dealkylation sites (tertiary alicyclic amines) is 1. The summed E-state index contributed by atoms with van der Waals surface area (Å²) in [5.41, 5.74) is 3.27. The molecule has 2 aromatic rings. The maximum absolute atomic E-state index is 11.9. The number of imide groups is 1. The molecule has 2 amide bonds. The molecule has 3 rings (SSSR count). The van der Waals surface area contributed by atoms with Crippen LogP contribution < -0.4 is 4.90 Å². The largest absolute Gasteiger partial charge is 0.353 e. The molecule has 118 valence electrons. The molecule has 0 atom stereocenters. The van der Waals surface area contributed by atoms with Crippen molar-refractivity contribution in [2.75, 3.05) is 18.1 Å². The van der Waals surface area contributed by atoms with Gasteiger partial charge in [-0.1, -0.05) is 48.5 Å². The molecule has 1 aliphatic rings. The minimum atomic E-state index is -0.0781. The van der Waals surface area contributed by atoms with Crippen LogP contribution in [0, 0.1) is 0 Å². The number of para-hydroxylation sites is 1. The summed E-state index contributed by atoms with van der Waals surface area (Å²) in [5.74, 6) is -0.156. The number of carbonyl (C=O) groups excluding carboxylic acids is 2. The minimum absolute atomic E-state index is 0.0781. The van der Waals surface area contributed by atoms with E-state index in [0.717, 1.165) is 23.4 Å². The van der Waals surface area contributed by atoms with Crippen molar-refractivity contribution >= 4 is 17.5 Å². The molecule has 0 saturated carbocycles. The van der Waals surface area contributed by atoms with Gasteiger partial charge >= 0.3 is 0 Å². The lowest BCUT2D eigenvalue weighted by atomic mass is 10.0. The first-order chi connectivity index (χ1) is 11.2. The highest BCUT2D eigenvalue weighted by molar-refractivity contribution is 6.02. The molecule has 1 saturated heterocycles. The van der Waals surface area contributed by atoms with Gasteiger partial charge in [0.1, 0.15) is 6.67 Å². The highest BCUT2D eigenvalue weighted by Crippen LogP contribution is 2.31. The van der Waals surface area contributed by atoms with E-state index in [4.69, 9.17) is 0 Å². The molecule has 1 heterocycles. The number of benzene rings is 2. The summed E-state index contributed by atoms with van der Waals surface area (Å²) in [6.45, 7) is 3.08. The number of hydrogen-bond donors (Lipinski definition) is 0. The third kappa shape index (κ3) is 3.11. The minimum Gasteiger partial charge on any atom is -0.353 e. The zero-order valence-electron chi connectivity index (χ0n) is 13.2. The molecule has 0 N–H and O–H groups in total. The second-order valence-electron chi connectivity index (χ2n) is 5.60. The standard InChI is InChI=1S/C19H20N2O2/c1-2-20(14-21-18(22)12-13-19(21)23)17-11-7-6-10-16(17)15-8-4-3-5-9-15/h3-11H,2,12-14H2,1H3. The van der Waals surface area contributed by atoms with E-state index in [2.05, 4.69) is 23.1 Å². The molecule has 1 fully saturated rings. The zero-order valence-corrected chi connectivity index (χ0v) is 13.2. The summed E-state index contributed by atoms with van der Waals surface area (Å²) in [4.78, 5) is 27.2. The highest BCUT2D eigenvalue weighted by Gasteiger charge is 2.30. The van der Waals surface area contributed by atoms with Gasteiger partial charge in [-0.15, -0.1) is 0 Å². The van der Waals surface area contributed by atoms with Crippen molar-refractivity contribution in [3.8, 4) is 11.1 Å². The Labute approximate surface area is 136 Å². The van der Waals surface area contributed by atoms with Crippen LogP contribution in [0.5, 0.6) is 0 Å². The van der Waals surface area contributed by atoms with E-state index in [-0.39, 0.29) is 11.8 Å². The van der Waals surface area contributed by atoms with Crippen LogP contribution in [-0.2, 0) is 9.59 Å². The molecule has 23 heavy (non-hydrogen) atoms. The van der Waals surface area contributed by atoms with Crippen LogP contribution in [-0.4, -0.2) is 29.9 Å². The van der Waals surface area contributed by atoms with Crippen molar-refractivity contribution in [1.29, 1.82) is 0 Å². The molecule has 2 aromatic carbocycles. The van der Waals surface area contributed by atoms with E-state index >= 15 is 0 Å². The lowest BCUT2D eigenvalue weighted by Crippen LogP contribution is -2.41. The van der Waals surface area contributed by atoms with Crippen LogP contribution in [0.25, 0.3) is 11.1 Å². The fourth-order valence-electron chi connectivity index (χ4n) is 2.91. The van der Waals surface area contributed by atoms with Gasteiger partial charge in [0, 0.05) is 30.6 Å². The molecular formula is C19H20N2O2. The van der Waals surface area contributed by atoms with Gasteiger partial charge in [-0.3, -0.25) is 14.5 Å². The molecule has 0 unspecified atom stereocenters. The highest BCUT2D eigenvalue weighted by atomic mass is 16.2. The van der Waals surface area contributed by atoms with Gasteiger partial charge in [-0.2, -0.15) is 0 Å². The Hall–Kier alpha value is -2.62. The first kappa shape index (κ1) is 15.3. The van der Waals surface area contributed by atoms with E-state index in [1.165, 1.54) is 4.90 Å². The topological polar surface area (TPSA) is 40.6 Å². The maximum atomic E-state index is 11.9. The quantitative estimate of drug-likeness (QED) is 0.796. The molecule has 0 aromatic heterocycles. The lowest BCUT2D eigenvalue weighted by Gasteiger charge is -2.29. The molecule has 0 aliphatic carbocycles. The average Bonchev–Trinajstić information content (AvgIpc) is 2.92.